The largest absolute Gasteiger partial charge is 0.497 e. The van der Waals surface area contributed by atoms with Gasteiger partial charge in [0, 0.05) is 10.6 Å². The number of methoxy groups -OCH3 is 1. The smallest absolute Gasteiger partial charge is 0.267 e. The Labute approximate surface area is 200 Å². The van der Waals surface area contributed by atoms with Crippen LogP contribution in [0.1, 0.15) is 21.6 Å². The van der Waals surface area contributed by atoms with Crippen molar-refractivity contribution in [2.24, 2.45) is 0 Å². The molecule has 0 fully saturated rings. The number of benzene rings is 2. The molecule has 8 heteroatoms. The lowest BCUT2D eigenvalue weighted by Gasteiger charge is -2.14. The van der Waals surface area contributed by atoms with Crippen LogP contribution in [0.5, 0.6) is 5.75 Å². The first-order chi connectivity index (χ1) is 15.8. The molecule has 0 aliphatic heterocycles. The number of rotatable bonds is 6. The molecule has 0 saturated heterocycles. The third kappa shape index (κ3) is 4.54. The standard InChI is InChI=1S/C25H25N3O3S2/c1-14-7-6-8-15(2)22(14)26-20(29)13-32-25-27-23-21(16(3)17(4)33-23)24(30)28(25)18-9-11-19(31-5)12-10-18/h6-12H,13H2,1-5H3,(H,26,29). The van der Waals surface area contributed by atoms with E-state index in [0.29, 0.717) is 26.8 Å². The average molecular weight is 480 g/mol. The van der Waals surface area contributed by atoms with Crippen molar-refractivity contribution < 1.29 is 9.53 Å². The molecule has 2 heterocycles. The Morgan fingerprint density at radius 3 is 2.39 bits per heavy atom. The van der Waals surface area contributed by atoms with Gasteiger partial charge in [0.2, 0.25) is 5.91 Å². The minimum absolute atomic E-state index is 0.130. The SMILES string of the molecule is COc1ccc(-n2c(SCC(=O)Nc3c(C)cccc3C)nc3sc(C)c(C)c3c2=O)cc1. The predicted molar refractivity (Wildman–Crippen MR) is 137 cm³/mol. The normalized spacial score (nSPS) is 11.1. The highest BCUT2D eigenvalue weighted by Gasteiger charge is 2.19. The van der Waals surface area contributed by atoms with Crippen LogP contribution in [0.25, 0.3) is 15.9 Å². The van der Waals surface area contributed by atoms with Crippen LogP contribution >= 0.6 is 23.1 Å². The number of thiophene rings is 1. The minimum Gasteiger partial charge on any atom is -0.497 e. The Morgan fingerprint density at radius 1 is 1.09 bits per heavy atom. The van der Waals surface area contributed by atoms with E-state index >= 15 is 0 Å². The first kappa shape index (κ1) is 23.1. The van der Waals surface area contributed by atoms with Crippen molar-refractivity contribution >= 4 is 44.9 Å². The second-order valence-electron chi connectivity index (χ2n) is 7.80. The van der Waals surface area contributed by atoms with Crippen LogP contribution in [0.4, 0.5) is 5.69 Å². The van der Waals surface area contributed by atoms with Gasteiger partial charge in [0.05, 0.1) is 23.9 Å². The van der Waals surface area contributed by atoms with Crippen molar-refractivity contribution in [3.63, 3.8) is 0 Å². The maximum Gasteiger partial charge on any atom is 0.267 e. The van der Waals surface area contributed by atoms with Gasteiger partial charge in [0.15, 0.2) is 5.16 Å². The molecular weight excluding hydrogens is 454 g/mol. The third-order valence-electron chi connectivity index (χ3n) is 5.58. The highest BCUT2D eigenvalue weighted by atomic mass is 32.2. The number of thioether (sulfide) groups is 1. The third-order valence-corrected chi connectivity index (χ3v) is 7.62. The Morgan fingerprint density at radius 2 is 1.76 bits per heavy atom. The van der Waals surface area contributed by atoms with Crippen molar-refractivity contribution in [1.29, 1.82) is 0 Å². The fraction of sp³-hybridized carbons (Fsp3) is 0.240. The van der Waals surface area contributed by atoms with E-state index in [1.807, 2.05) is 58.0 Å². The molecule has 0 radical (unpaired) electrons. The van der Waals surface area contributed by atoms with Crippen molar-refractivity contribution in [3.8, 4) is 11.4 Å². The summed E-state index contributed by atoms with van der Waals surface area (Å²) in [5.74, 6) is 0.683. The number of carbonyl (C=O) groups excluding carboxylic acids is 1. The Balaban J connectivity index is 1.71. The van der Waals surface area contributed by atoms with Crippen LogP contribution in [0.15, 0.2) is 52.4 Å². The number of aryl methyl sites for hydroxylation is 4. The fourth-order valence-electron chi connectivity index (χ4n) is 3.65. The van der Waals surface area contributed by atoms with Gasteiger partial charge in [-0.1, -0.05) is 30.0 Å². The summed E-state index contributed by atoms with van der Waals surface area (Å²) in [6.07, 6.45) is 0. The van der Waals surface area contributed by atoms with E-state index in [-0.39, 0.29) is 17.2 Å². The molecule has 0 bridgehead atoms. The molecule has 0 spiro atoms. The summed E-state index contributed by atoms with van der Waals surface area (Å²) in [6, 6.07) is 13.2. The van der Waals surface area contributed by atoms with Crippen molar-refractivity contribution in [2.45, 2.75) is 32.9 Å². The molecule has 4 rings (SSSR count). The van der Waals surface area contributed by atoms with E-state index in [9.17, 15) is 9.59 Å². The van der Waals surface area contributed by atoms with Crippen LogP contribution in [0, 0.1) is 27.7 Å². The molecule has 170 valence electrons. The van der Waals surface area contributed by atoms with E-state index < -0.39 is 0 Å². The number of aromatic nitrogens is 2. The highest BCUT2D eigenvalue weighted by Crippen LogP contribution is 2.30. The first-order valence-electron chi connectivity index (χ1n) is 10.5. The molecule has 2 aromatic heterocycles. The van der Waals surface area contributed by atoms with Crippen molar-refractivity contribution in [2.75, 3.05) is 18.2 Å². The number of hydrogen-bond acceptors (Lipinski definition) is 6. The van der Waals surface area contributed by atoms with Crippen LogP contribution in [-0.2, 0) is 4.79 Å². The number of carbonyl (C=O) groups is 1. The van der Waals surface area contributed by atoms with Crippen LogP contribution in [-0.4, -0.2) is 28.3 Å². The van der Waals surface area contributed by atoms with Gasteiger partial charge < -0.3 is 10.1 Å². The molecule has 0 aliphatic rings. The Hall–Kier alpha value is -3.10. The molecule has 0 unspecified atom stereocenters. The predicted octanol–water partition coefficient (Wildman–Crippen LogP) is 5.42. The van der Waals surface area contributed by atoms with E-state index in [1.54, 1.807) is 23.8 Å². The topological polar surface area (TPSA) is 73.2 Å². The molecule has 1 amide bonds. The van der Waals surface area contributed by atoms with E-state index in [4.69, 9.17) is 9.72 Å². The zero-order chi connectivity index (χ0) is 23.7. The number of fused-ring (bicyclic) bond motifs is 1. The number of hydrogen-bond donors (Lipinski definition) is 1. The summed E-state index contributed by atoms with van der Waals surface area (Å²) in [5, 5.41) is 4.10. The zero-order valence-corrected chi connectivity index (χ0v) is 20.8. The summed E-state index contributed by atoms with van der Waals surface area (Å²) in [7, 11) is 1.60. The van der Waals surface area contributed by atoms with E-state index in [0.717, 1.165) is 27.3 Å². The summed E-state index contributed by atoms with van der Waals surface area (Å²) >= 11 is 2.75. The number of amides is 1. The molecule has 4 aromatic rings. The van der Waals surface area contributed by atoms with Crippen LogP contribution in [0.3, 0.4) is 0 Å². The van der Waals surface area contributed by atoms with E-state index in [2.05, 4.69) is 5.32 Å². The van der Waals surface area contributed by atoms with Crippen molar-refractivity contribution in [3.05, 3.63) is 74.4 Å². The lowest BCUT2D eigenvalue weighted by Crippen LogP contribution is -2.23. The van der Waals surface area contributed by atoms with Crippen LogP contribution in [0.2, 0.25) is 0 Å². The number of ether oxygens (including phenoxy) is 1. The molecule has 1 N–H and O–H groups in total. The second kappa shape index (κ2) is 9.41. The van der Waals surface area contributed by atoms with Gasteiger partial charge in [-0.15, -0.1) is 11.3 Å². The number of nitrogens with zero attached hydrogens (tertiary/aromatic N) is 2. The van der Waals surface area contributed by atoms with Gasteiger partial charge in [-0.25, -0.2) is 4.98 Å². The monoisotopic (exact) mass is 479 g/mol. The lowest BCUT2D eigenvalue weighted by molar-refractivity contribution is -0.113. The Kier molecular flexibility index (Phi) is 6.58. The van der Waals surface area contributed by atoms with E-state index in [1.165, 1.54) is 23.1 Å². The molecular formula is C25H25N3O3S2. The number of anilines is 1. The van der Waals surface area contributed by atoms with Gasteiger partial charge in [0.1, 0.15) is 10.6 Å². The van der Waals surface area contributed by atoms with Crippen molar-refractivity contribution in [1.82, 2.24) is 9.55 Å². The molecule has 0 atom stereocenters. The quantitative estimate of drug-likeness (QED) is 0.295. The number of nitrogens with one attached hydrogen (secondary N) is 1. The first-order valence-corrected chi connectivity index (χ1v) is 12.3. The Bertz CT molecular complexity index is 1390. The summed E-state index contributed by atoms with van der Waals surface area (Å²) in [6.45, 7) is 7.87. The van der Waals surface area contributed by atoms with Gasteiger partial charge in [0.25, 0.3) is 5.56 Å². The average Bonchev–Trinajstić information content (AvgIpc) is 3.08. The summed E-state index contributed by atoms with van der Waals surface area (Å²) in [5.41, 5.74) is 4.32. The molecule has 6 nitrogen and oxygen atoms in total. The second-order valence-corrected chi connectivity index (χ2v) is 9.95. The lowest BCUT2D eigenvalue weighted by atomic mass is 10.1. The molecule has 0 aliphatic carbocycles. The highest BCUT2D eigenvalue weighted by molar-refractivity contribution is 7.99. The van der Waals surface area contributed by atoms with Gasteiger partial charge >= 0.3 is 0 Å². The maximum atomic E-state index is 13.5. The molecule has 2 aromatic carbocycles. The summed E-state index contributed by atoms with van der Waals surface area (Å²) in [4.78, 5) is 32.9. The fourth-order valence-corrected chi connectivity index (χ4v) is 5.53. The van der Waals surface area contributed by atoms with Gasteiger partial charge in [-0.2, -0.15) is 0 Å². The zero-order valence-electron chi connectivity index (χ0n) is 19.2. The van der Waals surface area contributed by atoms with Gasteiger partial charge in [-0.05, 0) is 68.7 Å². The molecule has 33 heavy (non-hydrogen) atoms. The molecule has 0 saturated carbocycles. The number of para-hydroxylation sites is 1. The maximum absolute atomic E-state index is 13.5. The minimum atomic E-state index is -0.147. The van der Waals surface area contributed by atoms with Crippen LogP contribution < -0.4 is 15.6 Å². The summed E-state index contributed by atoms with van der Waals surface area (Å²) < 4.78 is 6.83. The van der Waals surface area contributed by atoms with Gasteiger partial charge in [-0.3, -0.25) is 14.2 Å².